The van der Waals surface area contributed by atoms with Gasteiger partial charge in [0.1, 0.15) is 5.78 Å². The van der Waals surface area contributed by atoms with E-state index in [0.717, 1.165) is 25.5 Å². The van der Waals surface area contributed by atoms with Crippen LogP contribution in [0.5, 0.6) is 0 Å². The third-order valence-corrected chi connectivity index (χ3v) is 4.52. The molecule has 1 heterocycles. The van der Waals surface area contributed by atoms with E-state index in [-0.39, 0.29) is 18.2 Å². The van der Waals surface area contributed by atoms with Gasteiger partial charge in [-0.1, -0.05) is 12.2 Å². The van der Waals surface area contributed by atoms with Crippen LogP contribution in [-0.4, -0.2) is 50.5 Å². The molecule has 0 N–H and O–H groups in total. The van der Waals surface area contributed by atoms with Crippen molar-refractivity contribution < 1.29 is 22.2 Å². The van der Waals surface area contributed by atoms with Gasteiger partial charge in [0.25, 0.3) is 10.1 Å². The minimum atomic E-state index is -3.52. The van der Waals surface area contributed by atoms with E-state index in [1.165, 1.54) is 4.90 Å². The average Bonchev–Trinajstić information content (AvgIpc) is 2.91. The molecule has 0 spiro atoms. The van der Waals surface area contributed by atoms with E-state index in [4.69, 9.17) is 4.18 Å². The van der Waals surface area contributed by atoms with Crippen LogP contribution in [0.25, 0.3) is 0 Å². The average molecular weight is 345 g/mol. The molecule has 7 heteroatoms. The van der Waals surface area contributed by atoms with Crippen LogP contribution >= 0.6 is 0 Å². The predicted octanol–water partition coefficient (Wildman–Crippen LogP) is 1.91. The van der Waals surface area contributed by atoms with E-state index in [1.54, 1.807) is 6.92 Å². The Morgan fingerprint density at radius 1 is 1.35 bits per heavy atom. The van der Waals surface area contributed by atoms with Crippen molar-refractivity contribution in [2.24, 2.45) is 5.92 Å². The summed E-state index contributed by atoms with van der Waals surface area (Å²) < 4.78 is 27.1. The molecule has 0 radical (unpaired) electrons. The van der Waals surface area contributed by atoms with Gasteiger partial charge in [-0.3, -0.25) is 13.8 Å². The van der Waals surface area contributed by atoms with Crippen LogP contribution < -0.4 is 0 Å². The molecule has 0 aromatic rings. The van der Waals surface area contributed by atoms with Crippen molar-refractivity contribution in [3.63, 3.8) is 0 Å². The van der Waals surface area contributed by atoms with Crippen molar-refractivity contribution in [1.82, 2.24) is 4.90 Å². The number of amides is 1. The van der Waals surface area contributed by atoms with E-state index in [1.807, 2.05) is 13.0 Å². The van der Waals surface area contributed by atoms with Crippen LogP contribution in [0, 0.1) is 5.92 Å². The molecule has 1 saturated heterocycles. The Bertz CT molecular complexity index is 541. The lowest BCUT2D eigenvalue weighted by Crippen LogP contribution is -2.37. The second-order valence-corrected chi connectivity index (χ2v) is 7.60. The lowest BCUT2D eigenvalue weighted by molar-refractivity contribution is -0.140. The second kappa shape index (κ2) is 9.17. The molecule has 1 rings (SSSR count). The fraction of sp³-hybridized carbons (Fsp3) is 0.750. The van der Waals surface area contributed by atoms with Gasteiger partial charge >= 0.3 is 0 Å². The topological polar surface area (TPSA) is 80.8 Å². The molecule has 1 aliphatic heterocycles. The highest BCUT2D eigenvalue weighted by Gasteiger charge is 2.33. The Morgan fingerprint density at radius 2 is 2.04 bits per heavy atom. The summed E-state index contributed by atoms with van der Waals surface area (Å²) in [6, 6.07) is 0. The van der Waals surface area contributed by atoms with Gasteiger partial charge in [0, 0.05) is 19.5 Å². The van der Waals surface area contributed by atoms with Crippen LogP contribution in [-0.2, 0) is 23.9 Å². The van der Waals surface area contributed by atoms with Crippen molar-refractivity contribution in [1.29, 1.82) is 0 Å². The van der Waals surface area contributed by atoms with Crippen molar-refractivity contribution in [3.8, 4) is 0 Å². The van der Waals surface area contributed by atoms with Crippen LogP contribution in [0.4, 0.5) is 0 Å². The number of allylic oxidation sites excluding steroid dienone is 2. The number of hydrogen-bond acceptors (Lipinski definition) is 5. The van der Waals surface area contributed by atoms with Gasteiger partial charge in [-0.05, 0) is 39.5 Å². The van der Waals surface area contributed by atoms with E-state index in [9.17, 15) is 18.0 Å². The number of likely N-dealkylation sites (tertiary alicyclic amines) is 1. The molecular weight excluding hydrogens is 318 g/mol. The minimum absolute atomic E-state index is 0.0528. The Hall–Kier alpha value is -1.21. The molecule has 0 aliphatic carbocycles. The molecule has 0 aromatic carbocycles. The maximum atomic E-state index is 12.3. The number of unbranched alkanes of at least 4 members (excludes halogenated alkanes) is 2. The minimum Gasteiger partial charge on any atom is -0.339 e. The van der Waals surface area contributed by atoms with Crippen LogP contribution in [0.15, 0.2) is 12.2 Å². The van der Waals surface area contributed by atoms with Gasteiger partial charge in [0.05, 0.1) is 18.3 Å². The molecule has 2 atom stereocenters. The number of ketones is 1. The molecule has 0 aromatic heterocycles. The molecule has 1 amide bonds. The third-order valence-electron chi connectivity index (χ3n) is 3.90. The number of rotatable bonds is 9. The quantitative estimate of drug-likeness (QED) is 0.276. The summed E-state index contributed by atoms with van der Waals surface area (Å²) in [7, 11) is -3.52. The zero-order chi connectivity index (χ0) is 17.5. The maximum Gasteiger partial charge on any atom is 0.264 e. The highest BCUT2D eigenvalue weighted by atomic mass is 32.2. The lowest BCUT2D eigenvalue weighted by atomic mass is 9.99. The summed E-state index contributed by atoms with van der Waals surface area (Å²) in [6.45, 7) is 4.24. The van der Waals surface area contributed by atoms with E-state index in [0.29, 0.717) is 19.4 Å². The summed E-state index contributed by atoms with van der Waals surface area (Å²) in [5, 5.41) is 0. The molecule has 23 heavy (non-hydrogen) atoms. The highest BCUT2D eigenvalue weighted by molar-refractivity contribution is 7.86. The molecule has 132 valence electrons. The third kappa shape index (κ3) is 7.26. The fourth-order valence-corrected chi connectivity index (χ4v) is 3.26. The van der Waals surface area contributed by atoms with Gasteiger partial charge in [0.2, 0.25) is 5.91 Å². The van der Waals surface area contributed by atoms with Crippen LogP contribution in [0.3, 0.4) is 0 Å². The van der Waals surface area contributed by atoms with Gasteiger partial charge in [-0.25, -0.2) is 0 Å². The first-order valence-corrected chi connectivity index (χ1v) is 9.87. The Kier molecular flexibility index (Phi) is 7.91. The first-order valence-electron chi connectivity index (χ1n) is 8.05. The second-order valence-electron chi connectivity index (χ2n) is 6.00. The smallest absolute Gasteiger partial charge is 0.264 e. The number of nitrogens with zero attached hydrogens (tertiary/aromatic N) is 1. The monoisotopic (exact) mass is 345 g/mol. The zero-order valence-electron chi connectivity index (χ0n) is 14.2. The molecular formula is C16H27NO5S. The van der Waals surface area contributed by atoms with Gasteiger partial charge in [-0.2, -0.15) is 8.42 Å². The molecule has 0 saturated carbocycles. The van der Waals surface area contributed by atoms with Crippen molar-refractivity contribution in [2.75, 3.05) is 19.3 Å². The van der Waals surface area contributed by atoms with Crippen molar-refractivity contribution in [3.05, 3.63) is 12.2 Å². The molecule has 1 aliphatic rings. The Morgan fingerprint density at radius 3 is 2.65 bits per heavy atom. The molecule has 2 unspecified atom stereocenters. The Labute approximate surface area is 139 Å². The molecule has 6 nitrogen and oxygen atoms in total. The summed E-state index contributed by atoms with van der Waals surface area (Å²) in [6.07, 6.45) is 8.08. The van der Waals surface area contributed by atoms with Crippen LogP contribution in [0.1, 0.15) is 46.0 Å². The Balaban J connectivity index is 2.40. The SMILES string of the molecule is C/C=C/CCCCC(=O)C(C)C(=O)N1CCC(OS(C)(=O)=O)C1. The van der Waals surface area contributed by atoms with E-state index < -0.39 is 22.1 Å². The number of Topliss-reactive ketones (excluding diaryl/α,β-unsaturated/α-hetero) is 1. The van der Waals surface area contributed by atoms with Crippen molar-refractivity contribution in [2.45, 2.75) is 52.1 Å². The first kappa shape index (κ1) is 19.8. The van der Waals surface area contributed by atoms with Crippen LogP contribution in [0.2, 0.25) is 0 Å². The molecule has 1 fully saturated rings. The van der Waals surface area contributed by atoms with Gasteiger partial charge in [-0.15, -0.1) is 0 Å². The van der Waals surface area contributed by atoms with Crippen molar-refractivity contribution >= 4 is 21.8 Å². The first-order chi connectivity index (χ1) is 10.7. The lowest BCUT2D eigenvalue weighted by Gasteiger charge is -2.20. The normalized spacial score (nSPS) is 20.1. The standard InChI is InChI=1S/C16H27NO5S/c1-4-5-6-7-8-9-15(18)13(2)16(19)17-11-10-14(12-17)22-23(3,20)21/h4-5,13-14H,6-12H2,1-3H3/b5-4+. The van der Waals surface area contributed by atoms with E-state index in [2.05, 4.69) is 6.08 Å². The highest BCUT2D eigenvalue weighted by Crippen LogP contribution is 2.18. The largest absolute Gasteiger partial charge is 0.339 e. The summed E-state index contributed by atoms with van der Waals surface area (Å²) in [5.41, 5.74) is 0. The number of carbonyl (C=O) groups is 2. The summed E-state index contributed by atoms with van der Waals surface area (Å²) >= 11 is 0. The maximum absolute atomic E-state index is 12.3. The number of carbonyl (C=O) groups excluding carboxylic acids is 2. The zero-order valence-corrected chi connectivity index (χ0v) is 15.0. The fourth-order valence-electron chi connectivity index (χ4n) is 2.61. The summed E-state index contributed by atoms with van der Waals surface area (Å²) in [5.74, 6) is -0.959. The molecule has 0 bridgehead atoms. The van der Waals surface area contributed by atoms with Gasteiger partial charge < -0.3 is 4.90 Å². The number of hydrogen-bond donors (Lipinski definition) is 0. The summed E-state index contributed by atoms with van der Waals surface area (Å²) in [4.78, 5) is 25.9. The predicted molar refractivity (Wildman–Crippen MR) is 88.4 cm³/mol. The van der Waals surface area contributed by atoms with Gasteiger partial charge in [0.15, 0.2) is 0 Å². The van der Waals surface area contributed by atoms with E-state index >= 15 is 0 Å².